The molecule has 2 aliphatic rings. The van der Waals surface area contributed by atoms with Crippen molar-refractivity contribution in [3.8, 4) is 33.8 Å². The molecule has 9 aromatic rings. The molecule has 0 saturated carbocycles. The van der Waals surface area contributed by atoms with Crippen LogP contribution in [-0.2, 0) is 5.41 Å². The molecule has 11 rings (SSSR count). The van der Waals surface area contributed by atoms with Crippen LogP contribution in [0.15, 0.2) is 155 Å². The van der Waals surface area contributed by atoms with Gasteiger partial charge >= 0.3 is 0 Å². The van der Waals surface area contributed by atoms with Gasteiger partial charge in [0.15, 0.2) is 11.4 Å². The predicted molar refractivity (Wildman–Crippen MR) is 216 cm³/mol. The van der Waals surface area contributed by atoms with E-state index in [-0.39, 0.29) is 5.41 Å². The van der Waals surface area contributed by atoms with Crippen molar-refractivity contribution in [3.63, 3.8) is 0 Å². The highest BCUT2D eigenvalue weighted by molar-refractivity contribution is 6.21. The lowest BCUT2D eigenvalue weighted by Gasteiger charge is -2.24. The van der Waals surface area contributed by atoms with Gasteiger partial charge in [-0.1, -0.05) is 123 Å². The Morgan fingerprint density at radius 1 is 0.623 bits per heavy atom. The third-order valence-corrected chi connectivity index (χ3v) is 11.1. The van der Waals surface area contributed by atoms with E-state index in [1.807, 2.05) is 42.6 Å². The van der Waals surface area contributed by atoms with Gasteiger partial charge in [0.2, 0.25) is 6.29 Å². The molecule has 1 N–H and O–H groups in total. The Kier molecular flexibility index (Phi) is 6.26. The maximum atomic E-state index is 6.60. The minimum absolute atomic E-state index is 0.120. The number of nitrogens with one attached hydrogen (secondary N) is 1. The Hall–Kier alpha value is -6.79. The Morgan fingerprint density at radius 3 is 2.26 bits per heavy atom. The van der Waals surface area contributed by atoms with Gasteiger partial charge in [0, 0.05) is 44.3 Å². The van der Waals surface area contributed by atoms with E-state index >= 15 is 0 Å². The van der Waals surface area contributed by atoms with Gasteiger partial charge in [-0.3, -0.25) is 4.57 Å². The fraction of sp³-hybridized carbons (Fsp3) is 0.0851. The molecule has 1 atom stereocenters. The number of fused-ring (bicyclic) bond motifs is 10. The first-order chi connectivity index (χ1) is 26.0. The Balaban J connectivity index is 1.06. The molecule has 1 aliphatic carbocycles. The van der Waals surface area contributed by atoms with Gasteiger partial charge in [0.1, 0.15) is 5.58 Å². The number of hydrogen-bond acceptors (Lipinski definition) is 5. The van der Waals surface area contributed by atoms with Gasteiger partial charge in [0.05, 0.1) is 28.1 Å². The average molecular weight is 684 g/mol. The van der Waals surface area contributed by atoms with Crippen LogP contribution in [0, 0.1) is 0 Å². The second kappa shape index (κ2) is 11.1. The molecular weight excluding hydrogens is 651 g/mol. The molecule has 0 radical (unpaired) electrons. The number of nitrogens with zero attached hydrogens (tertiary/aromatic N) is 4. The smallest absolute Gasteiger partial charge is 0.201 e. The van der Waals surface area contributed by atoms with Crippen molar-refractivity contribution in [3.05, 3.63) is 162 Å². The van der Waals surface area contributed by atoms with E-state index in [2.05, 4.69) is 133 Å². The average Bonchev–Trinajstić information content (AvgIpc) is 3.84. The van der Waals surface area contributed by atoms with E-state index in [0.29, 0.717) is 5.82 Å². The Morgan fingerprint density at radius 2 is 1.36 bits per heavy atom. The van der Waals surface area contributed by atoms with E-state index < -0.39 is 6.29 Å². The molecule has 252 valence electrons. The molecule has 4 heterocycles. The molecule has 0 amide bonds. The Labute approximate surface area is 305 Å². The van der Waals surface area contributed by atoms with Gasteiger partial charge in [-0.15, -0.1) is 0 Å². The number of furan rings is 1. The zero-order valence-corrected chi connectivity index (χ0v) is 29.2. The maximum absolute atomic E-state index is 6.60. The molecule has 3 aromatic heterocycles. The second-order valence-corrected chi connectivity index (χ2v) is 14.5. The van der Waals surface area contributed by atoms with Crippen molar-refractivity contribution in [1.82, 2.24) is 19.9 Å². The summed E-state index contributed by atoms with van der Waals surface area (Å²) in [5.41, 5.74) is 13.5. The molecule has 6 nitrogen and oxygen atoms in total. The highest BCUT2D eigenvalue weighted by Gasteiger charge is 2.35. The number of hydrogen-bond donors (Lipinski definition) is 1. The number of benzene rings is 6. The molecule has 0 spiro atoms. The van der Waals surface area contributed by atoms with Gasteiger partial charge in [-0.05, 0) is 58.7 Å². The summed E-state index contributed by atoms with van der Waals surface area (Å²) < 4.78 is 8.86. The zero-order valence-electron chi connectivity index (χ0n) is 29.2. The summed E-state index contributed by atoms with van der Waals surface area (Å²) in [6.07, 6.45) is 3.44. The summed E-state index contributed by atoms with van der Waals surface area (Å²) in [5, 5.41) is 8.23. The first kappa shape index (κ1) is 29.9. The van der Waals surface area contributed by atoms with E-state index in [4.69, 9.17) is 19.4 Å². The lowest BCUT2D eigenvalue weighted by Crippen LogP contribution is -2.27. The van der Waals surface area contributed by atoms with Crippen molar-refractivity contribution in [2.24, 2.45) is 4.99 Å². The van der Waals surface area contributed by atoms with E-state index in [9.17, 15) is 0 Å². The fourth-order valence-electron chi connectivity index (χ4n) is 8.54. The van der Waals surface area contributed by atoms with Gasteiger partial charge in [-0.2, -0.15) is 0 Å². The summed E-state index contributed by atoms with van der Waals surface area (Å²) >= 11 is 0. The quantitative estimate of drug-likeness (QED) is 0.200. The molecule has 0 fully saturated rings. The zero-order chi connectivity index (χ0) is 35.3. The van der Waals surface area contributed by atoms with Crippen LogP contribution >= 0.6 is 0 Å². The first-order valence-corrected chi connectivity index (χ1v) is 18.1. The molecule has 6 heteroatoms. The monoisotopic (exact) mass is 683 g/mol. The van der Waals surface area contributed by atoms with Gasteiger partial charge in [-0.25, -0.2) is 15.0 Å². The van der Waals surface area contributed by atoms with Crippen LogP contribution in [0.3, 0.4) is 0 Å². The number of rotatable bonds is 4. The maximum Gasteiger partial charge on any atom is 0.201 e. The summed E-state index contributed by atoms with van der Waals surface area (Å²) in [6, 6.07) is 48.9. The molecule has 0 saturated heterocycles. The number of allylic oxidation sites excluding steroid dienone is 1. The fourth-order valence-corrected chi connectivity index (χ4v) is 8.54. The van der Waals surface area contributed by atoms with Crippen molar-refractivity contribution < 1.29 is 4.42 Å². The molecule has 1 unspecified atom stereocenters. The van der Waals surface area contributed by atoms with Gasteiger partial charge in [0.25, 0.3) is 0 Å². The van der Waals surface area contributed by atoms with Crippen LogP contribution in [0.25, 0.3) is 83.2 Å². The topological polar surface area (TPSA) is 68.2 Å². The summed E-state index contributed by atoms with van der Waals surface area (Å²) in [7, 11) is 0. The van der Waals surface area contributed by atoms with Crippen molar-refractivity contribution in [2.45, 2.75) is 25.6 Å². The molecule has 0 bridgehead atoms. The number of aliphatic imine (C=N–C) groups is 1. The van der Waals surface area contributed by atoms with E-state index in [1.54, 1.807) is 0 Å². The predicted octanol–water partition coefficient (Wildman–Crippen LogP) is 11.3. The molecular formula is C47H33N5O. The third kappa shape index (κ3) is 4.42. The van der Waals surface area contributed by atoms with Crippen LogP contribution < -0.4 is 5.32 Å². The van der Waals surface area contributed by atoms with Crippen LogP contribution in [-0.4, -0.2) is 20.7 Å². The minimum atomic E-state index is -0.450. The van der Waals surface area contributed by atoms with Crippen LogP contribution in [0.4, 0.5) is 0 Å². The number of para-hydroxylation sites is 2. The third-order valence-electron chi connectivity index (χ3n) is 11.1. The van der Waals surface area contributed by atoms with E-state index in [0.717, 1.165) is 72.0 Å². The van der Waals surface area contributed by atoms with Crippen molar-refractivity contribution >= 4 is 55.7 Å². The summed E-state index contributed by atoms with van der Waals surface area (Å²) in [5.74, 6) is 0.670. The Bertz CT molecular complexity index is 3020. The number of aromatic nitrogens is 3. The normalized spacial score (nSPS) is 15.9. The van der Waals surface area contributed by atoms with Crippen LogP contribution in [0.5, 0.6) is 0 Å². The van der Waals surface area contributed by atoms with Crippen molar-refractivity contribution in [1.29, 1.82) is 0 Å². The van der Waals surface area contributed by atoms with Gasteiger partial charge < -0.3 is 9.73 Å². The first-order valence-electron chi connectivity index (χ1n) is 18.1. The lowest BCUT2D eigenvalue weighted by atomic mass is 9.82. The largest absolute Gasteiger partial charge is 0.454 e. The summed E-state index contributed by atoms with van der Waals surface area (Å²) in [6.45, 7) is 4.62. The molecule has 6 aromatic carbocycles. The second-order valence-electron chi connectivity index (χ2n) is 14.5. The van der Waals surface area contributed by atoms with Crippen molar-refractivity contribution in [2.75, 3.05) is 0 Å². The molecule has 1 aliphatic heterocycles. The standard InChI is InChI=1S/C47H33N5O/c1-47(2)36-17-9-6-14-30(36)31-21-20-29(26-37(31)47)39-27-40(50-45(49-39)28-12-4-3-5-13-28)38-24-25-48-46(51-38)52-41-18-10-7-15-32(41)34-22-23-35-33-16-8-11-19-42(33)53-44(35)43(34)52/h3-27,46,51H,1-2H3. The lowest BCUT2D eigenvalue weighted by molar-refractivity contribution is 0.508. The van der Waals surface area contributed by atoms with Crippen LogP contribution in [0.1, 0.15) is 37.0 Å². The highest BCUT2D eigenvalue weighted by atomic mass is 16.3. The SMILES string of the molecule is CC1(C)c2ccccc2-c2ccc(-c3cc(C4=CC=NC(n5c6ccccc6c6ccc7c8ccccc8oc7c65)N4)nc(-c4ccccc4)n3)cc21. The van der Waals surface area contributed by atoms with Crippen LogP contribution in [0.2, 0.25) is 0 Å². The highest BCUT2D eigenvalue weighted by Crippen LogP contribution is 2.49. The summed E-state index contributed by atoms with van der Waals surface area (Å²) in [4.78, 5) is 15.4. The minimum Gasteiger partial charge on any atom is -0.454 e. The van der Waals surface area contributed by atoms with E-state index in [1.165, 1.54) is 22.3 Å². The molecule has 53 heavy (non-hydrogen) atoms.